The molecule has 2 aliphatic heterocycles. The van der Waals surface area contributed by atoms with E-state index in [1.807, 2.05) is 6.07 Å². The smallest absolute Gasteiger partial charge is 0.409 e. The average Bonchev–Trinajstić information content (AvgIpc) is 3.09. The summed E-state index contributed by atoms with van der Waals surface area (Å²) in [6.07, 6.45) is 4.67. The normalized spacial score (nSPS) is 17.5. The van der Waals surface area contributed by atoms with Gasteiger partial charge in [0.25, 0.3) is 0 Å². The Bertz CT molecular complexity index is 1030. The quantitative estimate of drug-likeness (QED) is 0.756. The number of pyridine rings is 1. The molecule has 31 heavy (non-hydrogen) atoms. The predicted molar refractivity (Wildman–Crippen MR) is 114 cm³/mol. The molecule has 8 heteroatoms. The van der Waals surface area contributed by atoms with Crippen LogP contribution in [0, 0.1) is 6.92 Å². The van der Waals surface area contributed by atoms with Gasteiger partial charge in [-0.25, -0.2) is 4.79 Å². The summed E-state index contributed by atoms with van der Waals surface area (Å²) >= 11 is 0. The number of ketones is 1. The third-order valence-corrected chi connectivity index (χ3v) is 5.48. The van der Waals surface area contributed by atoms with E-state index in [-0.39, 0.29) is 23.4 Å². The Labute approximate surface area is 180 Å². The van der Waals surface area contributed by atoms with Crippen LogP contribution in [0.2, 0.25) is 0 Å². The second kappa shape index (κ2) is 8.77. The lowest BCUT2D eigenvalue weighted by molar-refractivity contribution is 0.0774. The molecule has 162 valence electrons. The number of phenols is 1. The number of aromatic nitrogens is 1. The lowest BCUT2D eigenvalue weighted by Gasteiger charge is -2.34. The van der Waals surface area contributed by atoms with Crippen molar-refractivity contribution >= 4 is 18.0 Å². The number of allylic oxidation sites excluding steroid dienone is 1. The fourth-order valence-electron chi connectivity index (χ4n) is 3.87. The fraction of sp³-hybridized carbons (Fsp3) is 0.348. The molecule has 4 rings (SSSR count). The van der Waals surface area contributed by atoms with Crippen molar-refractivity contribution in [3.05, 3.63) is 58.6 Å². The highest BCUT2D eigenvalue weighted by molar-refractivity contribution is 6.15. The number of aromatic hydroxyl groups is 1. The van der Waals surface area contributed by atoms with Gasteiger partial charge in [0.15, 0.2) is 5.76 Å². The highest BCUT2D eigenvalue weighted by atomic mass is 16.6. The van der Waals surface area contributed by atoms with Gasteiger partial charge >= 0.3 is 6.09 Å². The van der Waals surface area contributed by atoms with Crippen LogP contribution in [0.15, 0.2) is 36.4 Å². The molecule has 1 aromatic heterocycles. The molecule has 1 aromatic carbocycles. The number of piperazine rings is 1. The first-order valence-corrected chi connectivity index (χ1v) is 10.3. The number of ether oxygens (including phenoxy) is 2. The Hall–Kier alpha value is -3.39. The molecule has 3 heterocycles. The minimum atomic E-state index is -0.305. The third kappa shape index (κ3) is 4.25. The van der Waals surface area contributed by atoms with E-state index in [4.69, 9.17) is 9.47 Å². The van der Waals surface area contributed by atoms with E-state index in [2.05, 4.69) is 9.88 Å². The van der Waals surface area contributed by atoms with E-state index in [9.17, 15) is 14.7 Å². The summed E-state index contributed by atoms with van der Waals surface area (Å²) in [5.74, 6) is 0.514. The van der Waals surface area contributed by atoms with Crippen LogP contribution in [-0.2, 0) is 11.3 Å². The molecule has 0 atom stereocenters. The molecule has 1 amide bonds. The summed E-state index contributed by atoms with van der Waals surface area (Å²) in [5, 5.41) is 10.6. The second-order valence-corrected chi connectivity index (χ2v) is 7.58. The highest BCUT2D eigenvalue weighted by Gasteiger charge is 2.34. The molecular formula is C23H25N3O5. The summed E-state index contributed by atoms with van der Waals surface area (Å²) in [4.78, 5) is 32.8. The van der Waals surface area contributed by atoms with Crippen LogP contribution >= 0.6 is 0 Å². The SMILES string of the molecule is CCOC(=O)N1CCN(Cc2c(O)cc(C)c3c2O/C(=C\c2cccnc2)C3=O)CC1. The maximum absolute atomic E-state index is 13.0. The zero-order chi connectivity index (χ0) is 22.0. The van der Waals surface area contributed by atoms with E-state index < -0.39 is 0 Å². The molecule has 0 bridgehead atoms. The van der Waals surface area contributed by atoms with Gasteiger partial charge in [0.05, 0.1) is 17.7 Å². The van der Waals surface area contributed by atoms with Crippen molar-refractivity contribution < 1.29 is 24.2 Å². The fourth-order valence-corrected chi connectivity index (χ4v) is 3.87. The first-order chi connectivity index (χ1) is 15.0. The largest absolute Gasteiger partial charge is 0.507 e. The van der Waals surface area contributed by atoms with Gasteiger partial charge in [-0.1, -0.05) is 6.07 Å². The maximum Gasteiger partial charge on any atom is 0.409 e. The minimum Gasteiger partial charge on any atom is -0.507 e. The number of carbonyl (C=O) groups is 2. The molecule has 1 fully saturated rings. The summed E-state index contributed by atoms with van der Waals surface area (Å²) in [7, 11) is 0. The van der Waals surface area contributed by atoms with Crippen molar-refractivity contribution in [2.75, 3.05) is 32.8 Å². The number of phenolic OH excluding ortho intramolecular Hbond substituents is 1. The number of hydrogen-bond donors (Lipinski definition) is 1. The monoisotopic (exact) mass is 423 g/mol. The third-order valence-electron chi connectivity index (χ3n) is 5.48. The van der Waals surface area contributed by atoms with E-state index in [0.717, 1.165) is 5.56 Å². The summed E-state index contributed by atoms with van der Waals surface area (Å²) in [6.45, 7) is 6.68. The molecule has 2 aliphatic rings. The molecule has 8 nitrogen and oxygen atoms in total. The summed E-state index contributed by atoms with van der Waals surface area (Å²) < 4.78 is 11.0. The molecule has 0 saturated carbocycles. The molecule has 1 N–H and O–H groups in total. The molecule has 0 radical (unpaired) electrons. The molecule has 1 saturated heterocycles. The van der Waals surface area contributed by atoms with Crippen molar-refractivity contribution in [3.63, 3.8) is 0 Å². The van der Waals surface area contributed by atoms with Crippen LogP contribution in [0.3, 0.4) is 0 Å². The van der Waals surface area contributed by atoms with E-state index in [1.54, 1.807) is 49.3 Å². The van der Waals surface area contributed by atoms with Gasteiger partial charge in [0.2, 0.25) is 5.78 Å². The molecule has 0 aliphatic carbocycles. The van der Waals surface area contributed by atoms with Gasteiger partial charge in [0.1, 0.15) is 11.5 Å². The Balaban J connectivity index is 1.55. The van der Waals surface area contributed by atoms with Crippen molar-refractivity contribution in [3.8, 4) is 11.5 Å². The number of carbonyl (C=O) groups excluding carboxylic acids is 2. The molecular weight excluding hydrogens is 398 g/mol. The zero-order valence-corrected chi connectivity index (χ0v) is 17.6. The number of fused-ring (bicyclic) bond motifs is 1. The summed E-state index contributed by atoms with van der Waals surface area (Å²) in [5.41, 5.74) is 2.49. The van der Waals surface area contributed by atoms with Crippen molar-refractivity contribution in [2.24, 2.45) is 0 Å². The highest BCUT2D eigenvalue weighted by Crippen LogP contribution is 2.42. The molecule has 2 aromatic rings. The maximum atomic E-state index is 13.0. The second-order valence-electron chi connectivity index (χ2n) is 7.58. The van der Waals surface area contributed by atoms with Gasteiger partial charge in [-0.2, -0.15) is 0 Å². The van der Waals surface area contributed by atoms with Gasteiger partial charge in [0, 0.05) is 45.1 Å². The zero-order valence-electron chi connectivity index (χ0n) is 17.6. The Kier molecular flexibility index (Phi) is 5.90. The molecule has 0 unspecified atom stereocenters. The number of hydrogen-bond acceptors (Lipinski definition) is 7. The van der Waals surface area contributed by atoms with Crippen LogP contribution in [0.1, 0.15) is 34.0 Å². The first kappa shape index (κ1) is 20.9. The molecule has 0 spiro atoms. The number of nitrogens with zero attached hydrogens (tertiary/aromatic N) is 3. The predicted octanol–water partition coefficient (Wildman–Crippen LogP) is 2.99. The van der Waals surface area contributed by atoms with Gasteiger partial charge in [-0.3, -0.25) is 14.7 Å². The first-order valence-electron chi connectivity index (χ1n) is 10.3. The van der Waals surface area contributed by atoms with Crippen molar-refractivity contribution in [2.45, 2.75) is 20.4 Å². The Morgan fingerprint density at radius 3 is 2.77 bits per heavy atom. The summed E-state index contributed by atoms with van der Waals surface area (Å²) in [6, 6.07) is 5.24. The van der Waals surface area contributed by atoms with Gasteiger partial charge in [-0.15, -0.1) is 0 Å². The van der Waals surface area contributed by atoms with Crippen LogP contribution in [-0.4, -0.2) is 64.6 Å². The lowest BCUT2D eigenvalue weighted by atomic mass is 9.99. The number of rotatable bonds is 4. The standard InChI is InChI=1S/C23H25N3O5/c1-3-30-23(29)26-9-7-25(8-10-26)14-17-18(27)11-15(2)20-21(28)19(31-22(17)20)12-16-5-4-6-24-13-16/h4-6,11-13,27H,3,7-10,14H2,1-2H3/b19-12-. The minimum absolute atomic E-state index is 0.0968. The van der Waals surface area contributed by atoms with Gasteiger partial charge in [-0.05, 0) is 43.2 Å². The van der Waals surface area contributed by atoms with Crippen molar-refractivity contribution in [1.29, 1.82) is 0 Å². The van der Waals surface area contributed by atoms with Crippen molar-refractivity contribution in [1.82, 2.24) is 14.8 Å². The van der Waals surface area contributed by atoms with E-state index in [0.29, 0.717) is 61.8 Å². The van der Waals surface area contributed by atoms with Gasteiger partial charge < -0.3 is 19.5 Å². The Morgan fingerprint density at radius 1 is 1.32 bits per heavy atom. The number of amides is 1. The number of Topliss-reactive ketones (excluding diaryl/α,β-unsaturated/α-hetero) is 1. The van der Waals surface area contributed by atoms with Crippen LogP contribution in [0.25, 0.3) is 6.08 Å². The van der Waals surface area contributed by atoms with Crippen LogP contribution < -0.4 is 4.74 Å². The average molecular weight is 423 g/mol. The number of benzene rings is 1. The van der Waals surface area contributed by atoms with Crippen LogP contribution in [0.4, 0.5) is 4.79 Å². The number of aryl methyl sites for hydroxylation is 1. The topological polar surface area (TPSA) is 92.2 Å². The van der Waals surface area contributed by atoms with E-state index >= 15 is 0 Å². The van der Waals surface area contributed by atoms with Crippen LogP contribution in [0.5, 0.6) is 11.5 Å². The van der Waals surface area contributed by atoms with E-state index in [1.165, 1.54) is 0 Å². The Morgan fingerprint density at radius 2 is 2.10 bits per heavy atom. The lowest BCUT2D eigenvalue weighted by Crippen LogP contribution is -2.48.